The Morgan fingerprint density at radius 2 is 1.81 bits per heavy atom. The van der Waals surface area contributed by atoms with Gasteiger partial charge in [-0.3, -0.25) is 10.1 Å². The van der Waals surface area contributed by atoms with E-state index in [-0.39, 0.29) is 0 Å². The molecule has 7 nitrogen and oxygen atoms in total. The highest BCUT2D eigenvalue weighted by atomic mass is 16.5. The van der Waals surface area contributed by atoms with Crippen LogP contribution in [0.25, 0.3) is 10.9 Å². The first-order valence-electron chi connectivity index (χ1n) is 8.35. The number of urea groups is 1. The lowest BCUT2D eigenvalue weighted by Crippen LogP contribution is -2.37. The predicted octanol–water partition coefficient (Wildman–Crippen LogP) is 3.29. The number of para-hydroxylation sites is 1. The van der Waals surface area contributed by atoms with Crippen molar-refractivity contribution >= 4 is 34.5 Å². The van der Waals surface area contributed by atoms with Gasteiger partial charge < -0.3 is 15.0 Å². The maximum Gasteiger partial charge on any atom is 0.340 e. The van der Waals surface area contributed by atoms with Crippen LogP contribution in [-0.4, -0.2) is 29.5 Å². The number of aryl methyl sites for hydroxylation is 2. The van der Waals surface area contributed by atoms with E-state index in [0.717, 1.165) is 16.6 Å². The number of H-pyrrole nitrogens is 1. The number of hydrogen-bond acceptors (Lipinski definition) is 4. The van der Waals surface area contributed by atoms with Crippen LogP contribution < -0.4 is 10.6 Å². The van der Waals surface area contributed by atoms with Gasteiger partial charge in [-0.15, -0.1) is 0 Å². The van der Waals surface area contributed by atoms with Crippen molar-refractivity contribution in [3.63, 3.8) is 0 Å². The van der Waals surface area contributed by atoms with Crippen molar-refractivity contribution in [3.05, 3.63) is 65.4 Å². The Bertz CT molecular complexity index is 1020. The number of esters is 1. The summed E-state index contributed by atoms with van der Waals surface area (Å²) in [6.45, 7) is 3.33. The van der Waals surface area contributed by atoms with Gasteiger partial charge >= 0.3 is 12.0 Å². The molecule has 3 rings (SSSR count). The van der Waals surface area contributed by atoms with Gasteiger partial charge in [0.1, 0.15) is 0 Å². The molecule has 0 aliphatic carbocycles. The van der Waals surface area contributed by atoms with E-state index < -0.39 is 24.5 Å². The molecule has 0 saturated heterocycles. The van der Waals surface area contributed by atoms with Gasteiger partial charge in [-0.1, -0.05) is 24.3 Å². The largest absolute Gasteiger partial charge is 0.452 e. The quantitative estimate of drug-likeness (QED) is 0.618. The van der Waals surface area contributed by atoms with Crippen molar-refractivity contribution in [2.75, 3.05) is 11.9 Å². The van der Waals surface area contributed by atoms with E-state index in [9.17, 15) is 14.4 Å². The fraction of sp³-hybridized carbons (Fsp3) is 0.150. The first-order chi connectivity index (χ1) is 12.9. The predicted molar refractivity (Wildman–Crippen MR) is 102 cm³/mol. The molecule has 0 spiro atoms. The van der Waals surface area contributed by atoms with E-state index in [4.69, 9.17) is 4.74 Å². The topological polar surface area (TPSA) is 100 Å². The number of anilines is 1. The number of benzene rings is 2. The number of imide groups is 1. The number of aromatic amines is 1. The molecule has 0 aliphatic heterocycles. The molecular formula is C20H19N3O4. The molecule has 27 heavy (non-hydrogen) atoms. The highest BCUT2D eigenvalue weighted by Crippen LogP contribution is 2.18. The Hall–Kier alpha value is -3.61. The third-order valence-electron chi connectivity index (χ3n) is 4.16. The first-order valence-corrected chi connectivity index (χ1v) is 8.35. The van der Waals surface area contributed by atoms with E-state index in [1.165, 1.54) is 6.20 Å². The molecule has 0 unspecified atom stereocenters. The maximum atomic E-state index is 12.1. The number of hydrogen-bond donors (Lipinski definition) is 3. The molecule has 0 radical (unpaired) electrons. The van der Waals surface area contributed by atoms with E-state index in [1.807, 2.05) is 32.0 Å². The highest BCUT2D eigenvalue weighted by Gasteiger charge is 2.16. The molecule has 0 atom stereocenters. The summed E-state index contributed by atoms with van der Waals surface area (Å²) >= 11 is 0. The smallest absolute Gasteiger partial charge is 0.340 e. The summed E-state index contributed by atoms with van der Waals surface area (Å²) in [6, 6.07) is 12.0. The lowest BCUT2D eigenvalue weighted by molar-refractivity contribution is -0.123. The minimum atomic E-state index is -0.718. The number of fused-ring (bicyclic) bond motifs is 1. The number of carbonyl (C=O) groups excluding carboxylic acids is 3. The van der Waals surface area contributed by atoms with E-state index in [2.05, 4.69) is 15.6 Å². The lowest BCUT2D eigenvalue weighted by Gasteiger charge is -2.09. The average molecular weight is 365 g/mol. The Labute approximate surface area is 155 Å². The summed E-state index contributed by atoms with van der Waals surface area (Å²) in [7, 11) is 0. The van der Waals surface area contributed by atoms with Crippen LogP contribution in [0.3, 0.4) is 0 Å². The van der Waals surface area contributed by atoms with Crippen LogP contribution in [0.4, 0.5) is 10.5 Å². The van der Waals surface area contributed by atoms with Crippen LogP contribution in [0.2, 0.25) is 0 Å². The molecule has 0 bridgehead atoms. The average Bonchev–Trinajstić information content (AvgIpc) is 3.07. The zero-order valence-corrected chi connectivity index (χ0v) is 15.0. The molecule has 2 aromatic carbocycles. The second-order valence-electron chi connectivity index (χ2n) is 6.13. The summed E-state index contributed by atoms with van der Waals surface area (Å²) in [5.41, 5.74) is 3.81. The fourth-order valence-corrected chi connectivity index (χ4v) is 2.59. The molecule has 1 heterocycles. The Morgan fingerprint density at radius 1 is 1.04 bits per heavy atom. The molecule has 1 aromatic heterocycles. The number of ether oxygens (including phenoxy) is 1. The van der Waals surface area contributed by atoms with E-state index >= 15 is 0 Å². The van der Waals surface area contributed by atoms with Crippen molar-refractivity contribution in [1.82, 2.24) is 10.3 Å². The fourth-order valence-electron chi connectivity index (χ4n) is 2.59. The normalized spacial score (nSPS) is 10.4. The van der Waals surface area contributed by atoms with Crippen molar-refractivity contribution in [1.29, 1.82) is 0 Å². The molecule has 3 amide bonds. The molecule has 0 fully saturated rings. The minimum Gasteiger partial charge on any atom is -0.452 e. The standard InChI is InChI=1S/C20H19N3O4/c1-12-7-8-14(9-13(12)2)22-20(26)23-18(24)11-27-19(25)16-10-21-17-6-4-3-5-15(16)17/h3-10,21H,11H2,1-2H3,(H2,22,23,24,26). The van der Waals surface area contributed by atoms with Crippen LogP contribution in [0.15, 0.2) is 48.7 Å². The number of carbonyl (C=O) groups is 3. The van der Waals surface area contributed by atoms with Crippen molar-refractivity contribution < 1.29 is 19.1 Å². The second-order valence-corrected chi connectivity index (χ2v) is 6.13. The third kappa shape index (κ3) is 4.33. The Balaban J connectivity index is 1.52. The molecule has 3 N–H and O–H groups in total. The van der Waals surface area contributed by atoms with Crippen molar-refractivity contribution in [2.45, 2.75) is 13.8 Å². The third-order valence-corrected chi connectivity index (χ3v) is 4.16. The Kier molecular flexibility index (Phi) is 5.21. The van der Waals surface area contributed by atoms with Gasteiger partial charge in [-0.25, -0.2) is 9.59 Å². The summed E-state index contributed by atoms with van der Waals surface area (Å²) < 4.78 is 4.99. The van der Waals surface area contributed by atoms with E-state index in [0.29, 0.717) is 16.6 Å². The zero-order valence-electron chi connectivity index (χ0n) is 15.0. The van der Waals surface area contributed by atoms with Gasteiger partial charge in [-0.2, -0.15) is 0 Å². The molecule has 0 aliphatic rings. The number of aromatic nitrogens is 1. The molecule has 138 valence electrons. The summed E-state index contributed by atoms with van der Waals surface area (Å²) in [4.78, 5) is 38.8. The van der Waals surface area contributed by atoms with Gasteiger partial charge in [-0.05, 0) is 43.2 Å². The zero-order chi connectivity index (χ0) is 19.4. The van der Waals surface area contributed by atoms with Gasteiger partial charge in [0, 0.05) is 22.8 Å². The van der Waals surface area contributed by atoms with Crippen LogP contribution >= 0.6 is 0 Å². The van der Waals surface area contributed by atoms with Gasteiger partial charge in [0.25, 0.3) is 5.91 Å². The van der Waals surface area contributed by atoms with Crippen LogP contribution in [0.5, 0.6) is 0 Å². The number of rotatable bonds is 4. The number of amides is 3. The summed E-state index contributed by atoms with van der Waals surface area (Å²) in [5, 5.41) is 5.39. The summed E-state index contributed by atoms with van der Waals surface area (Å²) in [5.74, 6) is -1.36. The SMILES string of the molecule is Cc1ccc(NC(=O)NC(=O)COC(=O)c2c[nH]c3ccccc23)cc1C. The first kappa shape index (κ1) is 18.2. The van der Waals surface area contributed by atoms with Crippen molar-refractivity contribution in [2.24, 2.45) is 0 Å². The highest BCUT2D eigenvalue weighted by molar-refractivity contribution is 6.05. The molecular weight excluding hydrogens is 346 g/mol. The van der Waals surface area contributed by atoms with Crippen LogP contribution in [0.1, 0.15) is 21.5 Å². The summed E-state index contributed by atoms with van der Waals surface area (Å²) in [6.07, 6.45) is 1.53. The minimum absolute atomic E-state index is 0.331. The van der Waals surface area contributed by atoms with Crippen LogP contribution in [0, 0.1) is 13.8 Å². The molecule has 3 aromatic rings. The van der Waals surface area contributed by atoms with Crippen LogP contribution in [-0.2, 0) is 9.53 Å². The van der Waals surface area contributed by atoms with Crippen molar-refractivity contribution in [3.8, 4) is 0 Å². The molecule has 0 saturated carbocycles. The monoisotopic (exact) mass is 365 g/mol. The van der Waals surface area contributed by atoms with Gasteiger partial charge in [0.15, 0.2) is 6.61 Å². The maximum absolute atomic E-state index is 12.1. The Morgan fingerprint density at radius 3 is 2.59 bits per heavy atom. The van der Waals surface area contributed by atoms with Gasteiger partial charge in [0.05, 0.1) is 5.56 Å². The molecule has 7 heteroatoms. The second kappa shape index (κ2) is 7.74. The lowest BCUT2D eigenvalue weighted by atomic mass is 10.1. The van der Waals surface area contributed by atoms with Gasteiger partial charge in [0.2, 0.25) is 0 Å². The van der Waals surface area contributed by atoms with E-state index in [1.54, 1.807) is 24.3 Å². The number of nitrogens with one attached hydrogen (secondary N) is 3.